The van der Waals surface area contributed by atoms with Crippen LogP contribution in [0, 0.1) is 11.3 Å². The second-order valence-corrected chi connectivity index (χ2v) is 7.81. The Morgan fingerprint density at radius 3 is 2.73 bits per heavy atom. The SMILES string of the molecule is CCc1csc(N2[C@H](C#N)[C@@H](c3ccc(C4=CCCC4)cc3)[C@@H]2CO)n1. The van der Waals surface area contributed by atoms with Crippen LogP contribution in [-0.2, 0) is 6.42 Å². The fourth-order valence-corrected chi connectivity index (χ4v) is 5.10. The molecule has 0 saturated carbocycles. The molecule has 2 heterocycles. The van der Waals surface area contributed by atoms with E-state index in [-0.39, 0.29) is 24.6 Å². The van der Waals surface area contributed by atoms with Crippen molar-refractivity contribution >= 4 is 22.0 Å². The van der Waals surface area contributed by atoms with E-state index in [0.717, 1.165) is 29.2 Å². The summed E-state index contributed by atoms with van der Waals surface area (Å²) in [6.45, 7) is 2.10. The number of nitrogens with zero attached hydrogens (tertiary/aromatic N) is 3. The summed E-state index contributed by atoms with van der Waals surface area (Å²) in [7, 11) is 0. The molecule has 2 aliphatic rings. The van der Waals surface area contributed by atoms with Crippen molar-refractivity contribution in [2.24, 2.45) is 0 Å². The van der Waals surface area contributed by atoms with Crippen molar-refractivity contribution in [3.05, 3.63) is 52.5 Å². The molecule has 1 aliphatic heterocycles. The summed E-state index contributed by atoms with van der Waals surface area (Å²) in [6, 6.07) is 10.6. The van der Waals surface area contributed by atoms with Crippen LogP contribution >= 0.6 is 11.3 Å². The molecule has 26 heavy (non-hydrogen) atoms. The molecule has 1 aromatic heterocycles. The number of hydrogen-bond donors (Lipinski definition) is 1. The molecule has 4 nitrogen and oxygen atoms in total. The lowest BCUT2D eigenvalue weighted by atomic mass is 9.76. The molecule has 0 spiro atoms. The molecular weight excluding hydrogens is 342 g/mol. The normalized spacial score (nSPS) is 24.9. The molecule has 1 fully saturated rings. The highest BCUT2D eigenvalue weighted by Gasteiger charge is 2.50. The standard InChI is InChI=1S/C21H23N3OS/c1-2-17-13-26-21(23-17)24-18(11-22)20(19(24)12-25)16-9-7-15(8-10-16)14-5-3-4-6-14/h5,7-10,13,18-20,25H,2-4,6,12H2,1H3/t18-,19+,20-/m1/s1. The van der Waals surface area contributed by atoms with Gasteiger partial charge in [-0.25, -0.2) is 4.98 Å². The second kappa shape index (κ2) is 7.22. The van der Waals surface area contributed by atoms with Crippen LogP contribution in [-0.4, -0.2) is 28.8 Å². The van der Waals surface area contributed by atoms with Gasteiger partial charge in [0.2, 0.25) is 0 Å². The van der Waals surface area contributed by atoms with E-state index >= 15 is 0 Å². The predicted molar refractivity (Wildman–Crippen MR) is 105 cm³/mol. The average Bonchev–Trinajstić information content (AvgIpc) is 3.34. The number of aliphatic hydroxyl groups excluding tert-OH is 1. The van der Waals surface area contributed by atoms with Gasteiger partial charge in [-0.3, -0.25) is 0 Å². The van der Waals surface area contributed by atoms with E-state index in [1.807, 2.05) is 10.3 Å². The van der Waals surface area contributed by atoms with Crippen LogP contribution in [0.1, 0.15) is 48.9 Å². The molecule has 3 atom stereocenters. The molecule has 1 saturated heterocycles. The highest BCUT2D eigenvalue weighted by atomic mass is 32.1. The first kappa shape index (κ1) is 17.3. The highest BCUT2D eigenvalue weighted by Crippen LogP contribution is 2.44. The minimum absolute atomic E-state index is 0.0191. The Bertz CT molecular complexity index is 849. The lowest BCUT2D eigenvalue weighted by molar-refractivity contribution is 0.187. The molecule has 5 heteroatoms. The Hall–Kier alpha value is -2.16. The lowest BCUT2D eigenvalue weighted by Crippen LogP contribution is -2.63. The fraction of sp³-hybridized carbons (Fsp3) is 0.429. The summed E-state index contributed by atoms with van der Waals surface area (Å²) in [4.78, 5) is 6.60. The Morgan fingerprint density at radius 1 is 1.35 bits per heavy atom. The first-order chi connectivity index (χ1) is 12.8. The van der Waals surface area contributed by atoms with Crippen LogP contribution in [0.5, 0.6) is 0 Å². The number of rotatable bonds is 5. The maximum Gasteiger partial charge on any atom is 0.186 e. The number of anilines is 1. The molecule has 0 unspecified atom stereocenters. The van der Waals surface area contributed by atoms with Crippen molar-refractivity contribution in [2.75, 3.05) is 11.5 Å². The average molecular weight is 366 g/mol. The number of allylic oxidation sites excluding steroid dienone is 2. The summed E-state index contributed by atoms with van der Waals surface area (Å²) in [6.07, 6.45) is 6.77. The number of aliphatic hydroxyl groups is 1. The van der Waals surface area contributed by atoms with Crippen molar-refractivity contribution in [1.29, 1.82) is 5.26 Å². The van der Waals surface area contributed by atoms with Crippen molar-refractivity contribution in [3.63, 3.8) is 0 Å². The quantitative estimate of drug-likeness (QED) is 0.865. The van der Waals surface area contributed by atoms with E-state index < -0.39 is 0 Å². The number of aromatic nitrogens is 1. The third-order valence-electron chi connectivity index (χ3n) is 5.56. The zero-order chi connectivity index (χ0) is 18.1. The van der Waals surface area contributed by atoms with Gasteiger partial charge in [0, 0.05) is 11.3 Å². The molecule has 134 valence electrons. The van der Waals surface area contributed by atoms with Gasteiger partial charge in [0.15, 0.2) is 5.13 Å². The zero-order valence-corrected chi connectivity index (χ0v) is 15.7. The van der Waals surface area contributed by atoms with Crippen LogP contribution in [0.4, 0.5) is 5.13 Å². The van der Waals surface area contributed by atoms with Gasteiger partial charge in [-0.05, 0) is 42.4 Å². The third kappa shape index (κ3) is 2.84. The summed E-state index contributed by atoms with van der Waals surface area (Å²) in [5.41, 5.74) is 4.87. The van der Waals surface area contributed by atoms with Gasteiger partial charge in [-0.15, -0.1) is 11.3 Å². The fourth-order valence-electron chi connectivity index (χ4n) is 4.10. The maximum atomic E-state index is 9.97. The molecule has 0 radical (unpaired) electrons. The summed E-state index contributed by atoms with van der Waals surface area (Å²) in [5.74, 6) is 0.0191. The Balaban J connectivity index is 1.59. The molecule has 1 N–H and O–H groups in total. The van der Waals surface area contributed by atoms with E-state index in [0.29, 0.717) is 0 Å². The van der Waals surface area contributed by atoms with E-state index in [4.69, 9.17) is 0 Å². The van der Waals surface area contributed by atoms with Crippen LogP contribution in [0.2, 0.25) is 0 Å². The van der Waals surface area contributed by atoms with Gasteiger partial charge in [0.1, 0.15) is 6.04 Å². The summed E-state index contributed by atoms with van der Waals surface area (Å²) in [5, 5.41) is 22.6. The lowest BCUT2D eigenvalue weighted by Gasteiger charge is -2.51. The van der Waals surface area contributed by atoms with Crippen molar-refractivity contribution in [3.8, 4) is 6.07 Å². The molecule has 0 amide bonds. The predicted octanol–water partition coefficient (Wildman–Crippen LogP) is 4.13. The Morgan fingerprint density at radius 2 is 2.15 bits per heavy atom. The van der Waals surface area contributed by atoms with Crippen LogP contribution in [0.25, 0.3) is 5.57 Å². The molecule has 1 aromatic carbocycles. The van der Waals surface area contributed by atoms with Crippen LogP contribution in [0.15, 0.2) is 35.7 Å². The van der Waals surface area contributed by atoms with Gasteiger partial charge in [0.05, 0.1) is 24.4 Å². The summed E-state index contributed by atoms with van der Waals surface area (Å²) >= 11 is 1.56. The Kier molecular flexibility index (Phi) is 4.80. The molecular formula is C21H23N3OS. The highest BCUT2D eigenvalue weighted by molar-refractivity contribution is 7.13. The molecule has 1 aliphatic carbocycles. The zero-order valence-electron chi connectivity index (χ0n) is 14.9. The van der Waals surface area contributed by atoms with Crippen molar-refractivity contribution in [1.82, 2.24) is 4.98 Å². The first-order valence-electron chi connectivity index (χ1n) is 9.29. The summed E-state index contributed by atoms with van der Waals surface area (Å²) < 4.78 is 0. The van der Waals surface area contributed by atoms with Gasteiger partial charge in [0.25, 0.3) is 0 Å². The Labute approximate surface area is 158 Å². The second-order valence-electron chi connectivity index (χ2n) is 6.98. The number of thiazole rings is 1. The molecule has 0 bridgehead atoms. The monoisotopic (exact) mass is 365 g/mol. The number of hydrogen-bond acceptors (Lipinski definition) is 5. The smallest absolute Gasteiger partial charge is 0.186 e. The van der Waals surface area contributed by atoms with Crippen LogP contribution in [0.3, 0.4) is 0 Å². The van der Waals surface area contributed by atoms with Crippen LogP contribution < -0.4 is 4.90 Å². The van der Waals surface area contributed by atoms with E-state index in [9.17, 15) is 10.4 Å². The largest absolute Gasteiger partial charge is 0.394 e. The molecule has 4 rings (SSSR count). The number of benzene rings is 1. The molecule has 2 aromatic rings. The minimum atomic E-state index is -0.278. The van der Waals surface area contributed by atoms with Crippen molar-refractivity contribution in [2.45, 2.75) is 50.6 Å². The van der Waals surface area contributed by atoms with E-state index in [1.54, 1.807) is 11.3 Å². The third-order valence-corrected chi connectivity index (χ3v) is 6.46. The van der Waals surface area contributed by atoms with Gasteiger partial charge in [-0.2, -0.15) is 5.26 Å². The topological polar surface area (TPSA) is 60.2 Å². The van der Waals surface area contributed by atoms with E-state index in [1.165, 1.54) is 24.0 Å². The minimum Gasteiger partial charge on any atom is -0.394 e. The first-order valence-corrected chi connectivity index (χ1v) is 10.2. The number of aryl methyl sites for hydroxylation is 1. The van der Waals surface area contributed by atoms with Gasteiger partial charge in [-0.1, -0.05) is 37.3 Å². The van der Waals surface area contributed by atoms with Gasteiger partial charge < -0.3 is 10.0 Å². The number of nitriles is 1. The van der Waals surface area contributed by atoms with E-state index in [2.05, 4.69) is 48.3 Å². The van der Waals surface area contributed by atoms with Crippen molar-refractivity contribution < 1.29 is 5.11 Å². The van der Waals surface area contributed by atoms with Gasteiger partial charge >= 0.3 is 0 Å². The maximum absolute atomic E-state index is 9.97.